The van der Waals surface area contributed by atoms with Crippen molar-refractivity contribution in [1.82, 2.24) is 20.3 Å². The first-order valence-electron chi connectivity index (χ1n) is 8.59. The Morgan fingerprint density at radius 3 is 2.80 bits per heavy atom. The van der Waals surface area contributed by atoms with Gasteiger partial charge < -0.3 is 10.4 Å². The van der Waals surface area contributed by atoms with Gasteiger partial charge in [0.05, 0.1) is 17.5 Å². The predicted octanol–water partition coefficient (Wildman–Crippen LogP) is 3.01. The molecule has 2 rings (SSSR count). The van der Waals surface area contributed by atoms with E-state index in [1.165, 1.54) is 0 Å². The van der Waals surface area contributed by atoms with Gasteiger partial charge in [0.25, 0.3) is 5.91 Å². The minimum Gasteiger partial charge on any atom is -0.393 e. The maximum Gasteiger partial charge on any atom is 0.273 e. The van der Waals surface area contributed by atoms with Crippen LogP contribution in [0.2, 0.25) is 5.02 Å². The highest BCUT2D eigenvalue weighted by atomic mass is 35.5. The van der Waals surface area contributed by atoms with Gasteiger partial charge in [-0.05, 0) is 43.9 Å². The number of benzene rings is 1. The number of halogens is 1. The number of aliphatic hydroxyl groups excluding tert-OH is 1. The van der Waals surface area contributed by atoms with E-state index in [-0.39, 0.29) is 17.9 Å². The molecule has 25 heavy (non-hydrogen) atoms. The van der Waals surface area contributed by atoms with Crippen LogP contribution in [0.1, 0.15) is 49.8 Å². The molecule has 1 amide bonds. The molecule has 2 N–H and O–H groups in total. The molecule has 2 aromatic rings. The second kappa shape index (κ2) is 8.97. The second-order valence-electron chi connectivity index (χ2n) is 6.43. The summed E-state index contributed by atoms with van der Waals surface area (Å²) in [6.07, 6.45) is 1.81. The monoisotopic (exact) mass is 364 g/mol. The van der Waals surface area contributed by atoms with E-state index in [1.54, 1.807) is 23.7 Å². The topological polar surface area (TPSA) is 80.0 Å². The fourth-order valence-electron chi connectivity index (χ4n) is 2.77. The number of hydrogen-bond donors (Lipinski definition) is 2. The number of amides is 1. The third-order valence-electron chi connectivity index (χ3n) is 3.87. The Morgan fingerprint density at radius 2 is 2.16 bits per heavy atom. The van der Waals surface area contributed by atoms with Crippen molar-refractivity contribution in [2.24, 2.45) is 5.92 Å². The number of rotatable bonds is 8. The summed E-state index contributed by atoms with van der Waals surface area (Å²) < 4.78 is 1.67. The first kappa shape index (κ1) is 19.4. The number of hydrogen-bond acceptors (Lipinski definition) is 4. The van der Waals surface area contributed by atoms with Crippen LogP contribution in [-0.4, -0.2) is 38.7 Å². The van der Waals surface area contributed by atoms with Crippen molar-refractivity contribution >= 4 is 17.5 Å². The SMILES string of the molecule is CCCc1c(C(=O)NC[C@@H](C)C[C@H](C)O)nnn1-c1cccc(Cl)c1. The lowest BCUT2D eigenvalue weighted by molar-refractivity contribution is 0.0933. The quantitative estimate of drug-likeness (QED) is 0.754. The molecule has 0 saturated carbocycles. The average Bonchev–Trinajstić information content (AvgIpc) is 2.96. The van der Waals surface area contributed by atoms with E-state index in [1.807, 2.05) is 26.0 Å². The number of nitrogens with zero attached hydrogens (tertiary/aromatic N) is 3. The van der Waals surface area contributed by atoms with E-state index >= 15 is 0 Å². The van der Waals surface area contributed by atoms with Crippen molar-refractivity contribution in [3.63, 3.8) is 0 Å². The third kappa shape index (κ3) is 5.28. The predicted molar refractivity (Wildman–Crippen MR) is 98.2 cm³/mol. The molecule has 0 radical (unpaired) electrons. The van der Waals surface area contributed by atoms with Gasteiger partial charge in [0, 0.05) is 11.6 Å². The van der Waals surface area contributed by atoms with Gasteiger partial charge in [0.1, 0.15) is 0 Å². The molecule has 136 valence electrons. The van der Waals surface area contributed by atoms with Gasteiger partial charge in [0.2, 0.25) is 0 Å². The minimum absolute atomic E-state index is 0.182. The summed E-state index contributed by atoms with van der Waals surface area (Å²) in [4.78, 5) is 12.5. The standard InChI is InChI=1S/C18H25ClN4O2/c1-4-6-16-17(18(25)20-11-12(2)9-13(3)24)21-22-23(16)15-8-5-7-14(19)10-15/h5,7-8,10,12-13,24H,4,6,9,11H2,1-3H3,(H,20,25)/t12-,13-/m0/s1. The second-order valence-corrected chi connectivity index (χ2v) is 6.86. The van der Waals surface area contributed by atoms with Crippen LogP contribution < -0.4 is 5.32 Å². The Kier molecular flexibility index (Phi) is 6.96. The van der Waals surface area contributed by atoms with Crippen LogP contribution in [0.4, 0.5) is 0 Å². The van der Waals surface area contributed by atoms with Gasteiger partial charge in [-0.2, -0.15) is 0 Å². The van der Waals surface area contributed by atoms with Gasteiger partial charge in [-0.25, -0.2) is 4.68 Å². The zero-order valence-electron chi connectivity index (χ0n) is 14.9. The number of aliphatic hydroxyl groups is 1. The number of carbonyl (C=O) groups is 1. The van der Waals surface area contributed by atoms with Crippen LogP contribution in [0.5, 0.6) is 0 Å². The summed E-state index contributed by atoms with van der Waals surface area (Å²) in [6, 6.07) is 7.30. The van der Waals surface area contributed by atoms with Crippen LogP contribution in [0.3, 0.4) is 0 Å². The lowest BCUT2D eigenvalue weighted by Crippen LogP contribution is -2.30. The van der Waals surface area contributed by atoms with Crippen molar-refractivity contribution in [3.05, 3.63) is 40.7 Å². The smallest absolute Gasteiger partial charge is 0.273 e. The highest BCUT2D eigenvalue weighted by molar-refractivity contribution is 6.30. The van der Waals surface area contributed by atoms with Crippen molar-refractivity contribution < 1.29 is 9.90 Å². The van der Waals surface area contributed by atoms with E-state index in [9.17, 15) is 9.90 Å². The van der Waals surface area contributed by atoms with Crippen LogP contribution in [0, 0.1) is 5.92 Å². The molecule has 0 aliphatic carbocycles. The van der Waals surface area contributed by atoms with E-state index in [4.69, 9.17) is 11.6 Å². The zero-order chi connectivity index (χ0) is 18.4. The van der Waals surface area contributed by atoms with Crippen molar-refractivity contribution in [2.75, 3.05) is 6.54 Å². The normalized spacial score (nSPS) is 13.5. The Morgan fingerprint density at radius 1 is 1.40 bits per heavy atom. The molecule has 0 fully saturated rings. The van der Waals surface area contributed by atoms with Crippen molar-refractivity contribution in [3.8, 4) is 5.69 Å². The highest BCUT2D eigenvalue weighted by Crippen LogP contribution is 2.18. The molecule has 1 aromatic heterocycles. The summed E-state index contributed by atoms with van der Waals surface area (Å²) in [5.74, 6) is -0.0595. The van der Waals surface area contributed by atoms with E-state index < -0.39 is 0 Å². The van der Waals surface area contributed by atoms with E-state index in [0.717, 1.165) is 17.8 Å². The van der Waals surface area contributed by atoms with Crippen LogP contribution in [0.15, 0.2) is 24.3 Å². The molecule has 1 aromatic carbocycles. The lowest BCUT2D eigenvalue weighted by atomic mass is 10.0. The van der Waals surface area contributed by atoms with Gasteiger partial charge in [-0.1, -0.05) is 43.1 Å². The molecule has 0 aliphatic heterocycles. The molecular formula is C18H25ClN4O2. The Balaban J connectivity index is 2.19. The largest absolute Gasteiger partial charge is 0.393 e. The average molecular weight is 365 g/mol. The third-order valence-corrected chi connectivity index (χ3v) is 4.11. The Bertz CT molecular complexity index is 715. The number of carbonyl (C=O) groups excluding carboxylic acids is 1. The molecular weight excluding hydrogens is 340 g/mol. The molecule has 0 aliphatic rings. The summed E-state index contributed by atoms with van der Waals surface area (Å²) >= 11 is 6.06. The Hall–Kier alpha value is -1.92. The summed E-state index contributed by atoms with van der Waals surface area (Å²) in [7, 11) is 0. The van der Waals surface area contributed by atoms with Gasteiger partial charge >= 0.3 is 0 Å². The van der Waals surface area contributed by atoms with Crippen molar-refractivity contribution in [2.45, 2.75) is 46.1 Å². The fourth-order valence-corrected chi connectivity index (χ4v) is 2.96. The summed E-state index contributed by atoms with van der Waals surface area (Å²) in [6.45, 7) is 6.26. The molecule has 7 heteroatoms. The van der Waals surface area contributed by atoms with Crippen LogP contribution in [0.25, 0.3) is 5.69 Å². The highest BCUT2D eigenvalue weighted by Gasteiger charge is 2.20. The molecule has 0 saturated heterocycles. The first-order valence-corrected chi connectivity index (χ1v) is 8.97. The molecule has 2 atom stereocenters. The molecule has 0 bridgehead atoms. The first-order chi connectivity index (χ1) is 11.9. The van der Waals surface area contributed by atoms with Crippen molar-refractivity contribution in [1.29, 1.82) is 0 Å². The van der Waals surface area contributed by atoms with Crippen LogP contribution >= 0.6 is 11.6 Å². The molecule has 1 heterocycles. The molecule has 0 unspecified atom stereocenters. The molecule has 0 spiro atoms. The van der Waals surface area contributed by atoms with Gasteiger partial charge in [-0.15, -0.1) is 5.10 Å². The van der Waals surface area contributed by atoms with E-state index in [2.05, 4.69) is 15.6 Å². The van der Waals surface area contributed by atoms with Gasteiger partial charge in [-0.3, -0.25) is 4.79 Å². The lowest BCUT2D eigenvalue weighted by Gasteiger charge is -2.14. The zero-order valence-corrected chi connectivity index (χ0v) is 15.6. The molecule has 6 nitrogen and oxygen atoms in total. The maximum absolute atomic E-state index is 12.5. The summed E-state index contributed by atoms with van der Waals surface area (Å²) in [5.41, 5.74) is 1.89. The minimum atomic E-state index is -0.383. The van der Waals surface area contributed by atoms with E-state index in [0.29, 0.717) is 30.1 Å². The fraction of sp³-hybridized carbons (Fsp3) is 0.500. The Labute approximate surface area is 153 Å². The van der Waals surface area contributed by atoms with Gasteiger partial charge in [0.15, 0.2) is 5.69 Å². The van der Waals surface area contributed by atoms with Crippen LogP contribution in [-0.2, 0) is 6.42 Å². The summed E-state index contributed by atoms with van der Waals surface area (Å²) in [5, 5.41) is 21.2. The number of aromatic nitrogens is 3. The number of nitrogens with one attached hydrogen (secondary N) is 1. The maximum atomic E-state index is 12.5.